The topological polar surface area (TPSA) is 113 Å². The highest BCUT2D eigenvalue weighted by molar-refractivity contribution is 7.99. The van der Waals surface area contributed by atoms with Crippen molar-refractivity contribution in [3.05, 3.63) is 58.3 Å². The number of ether oxygens (including phenoxy) is 2. The highest BCUT2D eigenvalue weighted by Crippen LogP contribution is 2.20. The summed E-state index contributed by atoms with van der Waals surface area (Å²) in [5.41, 5.74) is 0.499. The third kappa shape index (κ3) is 5.63. The van der Waals surface area contributed by atoms with Crippen molar-refractivity contribution in [2.75, 3.05) is 25.5 Å². The summed E-state index contributed by atoms with van der Waals surface area (Å²) in [6.45, 7) is 3.33. The number of rotatable bonds is 9. The van der Waals surface area contributed by atoms with Gasteiger partial charge < -0.3 is 19.2 Å². The number of esters is 1. The fourth-order valence-corrected chi connectivity index (χ4v) is 4.39. The number of carbonyl (C=O) groups is 2. The molecule has 0 saturated carbocycles. The SMILES string of the molecule is CCOC(=O)CSc1nc2cc(C(=O)NC[C@H]3CCCO3)ccc2c(=O)n1Cc1ccco1. The first-order chi connectivity index (χ1) is 16.0. The Kier molecular flexibility index (Phi) is 7.46. The van der Waals surface area contributed by atoms with E-state index in [-0.39, 0.29) is 36.5 Å². The monoisotopic (exact) mass is 471 g/mol. The molecule has 0 aliphatic carbocycles. The van der Waals surface area contributed by atoms with Crippen LogP contribution in [0.1, 0.15) is 35.9 Å². The first-order valence-corrected chi connectivity index (χ1v) is 11.8. The molecule has 4 rings (SSSR count). The van der Waals surface area contributed by atoms with Crippen LogP contribution < -0.4 is 10.9 Å². The molecule has 3 heterocycles. The van der Waals surface area contributed by atoms with Crippen LogP contribution in [-0.2, 0) is 20.8 Å². The van der Waals surface area contributed by atoms with Crippen molar-refractivity contribution >= 4 is 34.5 Å². The Bertz CT molecular complexity index is 1180. The van der Waals surface area contributed by atoms with Gasteiger partial charge in [0.25, 0.3) is 11.5 Å². The maximum Gasteiger partial charge on any atom is 0.316 e. The van der Waals surface area contributed by atoms with Gasteiger partial charge in [0.1, 0.15) is 5.76 Å². The van der Waals surface area contributed by atoms with Crippen LogP contribution in [0.3, 0.4) is 0 Å². The van der Waals surface area contributed by atoms with E-state index in [1.165, 1.54) is 10.8 Å². The van der Waals surface area contributed by atoms with Crippen LogP contribution in [0.4, 0.5) is 0 Å². The molecule has 3 aromatic rings. The molecule has 1 N–H and O–H groups in total. The molecule has 174 valence electrons. The first kappa shape index (κ1) is 23.1. The summed E-state index contributed by atoms with van der Waals surface area (Å²) in [7, 11) is 0. The van der Waals surface area contributed by atoms with Gasteiger partial charge in [-0.25, -0.2) is 4.98 Å². The van der Waals surface area contributed by atoms with Gasteiger partial charge in [0, 0.05) is 18.7 Å². The Morgan fingerprint density at radius 2 is 2.21 bits per heavy atom. The molecule has 1 aliphatic rings. The number of hydrogen-bond donors (Lipinski definition) is 1. The van der Waals surface area contributed by atoms with Crippen LogP contribution in [0, 0.1) is 0 Å². The molecule has 2 aromatic heterocycles. The standard InChI is InChI=1S/C23H25N3O6S/c1-2-30-20(27)14-33-23-25-19-11-15(21(28)24-12-16-5-3-9-31-16)7-8-18(19)22(29)26(23)13-17-6-4-10-32-17/h4,6-8,10-11,16H,2-3,5,9,12-14H2,1H3,(H,24,28)/t16-/m1/s1. The van der Waals surface area contributed by atoms with Crippen molar-refractivity contribution in [1.82, 2.24) is 14.9 Å². The normalized spacial score (nSPS) is 15.6. The van der Waals surface area contributed by atoms with Gasteiger partial charge in [-0.05, 0) is 50.1 Å². The van der Waals surface area contributed by atoms with Crippen molar-refractivity contribution < 1.29 is 23.5 Å². The van der Waals surface area contributed by atoms with E-state index >= 15 is 0 Å². The third-order valence-corrected chi connectivity index (χ3v) is 6.17. The van der Waals surface area contributed by atoms with Gasteiger partial charge in [-0.15, -0.1) is 0 Å². The van der Waals surface area contributed by atoms with Crippen LogP contribution in [0.15, 0.2) is 51.0 Å². The Hall–Kier alpha value is -3.11. The molecule has 1 aromatic carbocycles. The number of furan rings is 1. The van der Waals surface area contributed by atoms with Crippen LogP contribution in [0.2, 0.25) is 0 Å². The average molecular weight is 472 g/mol. The van der Waals surface area contributed by atoms with Crippen LogP contribution >= 0.6 is 11.8 Å². The lowest BCUT2D eigenvalue weighted by Crippen LogP contribution is -2.31. The number of hydrogen-bond acceptors (Lipinski definition) is 8. The molecule has 0 spiro atoms. The Labute approximate surface area is 194 Å². The highest BCUT2D eigenvalue weighted by Gasteiger charge is 2.19. The predicted molar refractivity (Wildman–Crippen MR) is 122 cm³/mol. The number of fused-ring (bicyclic) bond motifs is 1. The lowest BCUT2D eigenvalue weighted by molar-refractivity contribution is -0.139. The van der Waals surface area contributed by atoms with Gasteiger partial charge in [-0.1, -0.05) is 11.8 Å². The summed E-state index contributed by atoms with van der Waals surface area (Å²) < 4.78 is 17.4. The largest absolute Gasteiger partial charge is 0.467 e. The second-order valence-electron chi connectivity index (χ2n) is 7.54. The molecular weight excluding hydrogens is 446 g/mol. The Morgan fingerprint density at radius 3 is 2.94 bits per heavy atom. The summed E-state index contributed by atoms with van der Waals surface area (Å²) in [4.78, 5) is 42.4. The molecule has 1 saturated heterocycles. The smallest absolute Gasteiger partial charge is 0.316 e. The fraction of sp³-hybridized carbons (Fsp3) is 0.391. The Morgan fingerprint density at radius 1 is 1.33 bits per heavy atom. The van der Waals surface area contributed by atoms with Crippen molar-refractivity contribution in [3.8, 4) is 0 Å². The van der Waals surface area contributed by atoms with Crippen LogP contribution in [-0.4, -0.2) is 53.0 Å². The molecule has 33 heavy (non-hydrogen) atoms. The number of benzene rings is 1. The fourth-order valence-electron chi connectivity index (χ4n) is 3.59. The molecular formula is C23H25N3O6S. The van der Waals surface area contributed by atoms with Crippen LogP contribution in [0.25, 0.3) is 10.9 Å². The summed E-state index contributed by atoms with van der Waals surface area (Å²) in [6.07, 6.45) is 3.49. The van der Waals surface area contributed by atoms with E-state index in [1.54, 1.807) is 37.3 Å². The summed E-state index contributed by atoms with van der Waals surface area (Å²) in [6, 6.07) is 8.30. The van der Waals surface area contributed by atoms with E-state index in [4.69, 9.17) is 13.9 Å². The number of thioether (sulfide) groups is 1. The van der Waals surface area contributed by atoms with E-state index in [9.17, 15) is 14.4 Å². The van der Waals surface area contributed by atoms with E-state index in [1.807, 2.05) is 0 Å². The minimum atomic E-state index is -0.399. The van der Waals surface area contributed by atoms with E-state index in [2.05, 4.69) is 10.3 Å². The number of nitrogens with zero attached hydrogens (tertiary/aromatic N) is 2. The van der Waals surface area contributed by atoms with Crippen LogP contribution in [0.5, 0.6) is 0 Å². The van der Waals surface area contributed by atoms with E-state index in [0.29, 0.717) is 33.9 Å². The molecule has 0 bridgehead atoms. The molecule has 10 heteroatoms. The lowest BCUT2D eigenvalue weighted by atomic mass is 10.1. The molecule has 0 unspecified atom stereocenters. The number of amides is 1. The quantitative estimate of drug-likeness (QED) is 0.288. The zero-order valence-electron chi connectivity index (χ0n) is 18.2. The van der Waals surface area contributed by atoms with Gasteiger partial charge in [0.05, 0.1) is 42.2 Å². The average Bonchev–Trinajstić information content (AvgIpc) is 3.52. The van der Waals surface area contributed by atoms with Gasteiger partial charge in [-0.2, -0.15) is 0 Å². The highest BCUT2D eigenvalue weighted by atomic mass is 32.2. The van der Waals surface area contributed by atoms with Gasteiger partial charge in [0.15, 0.2) is 5.16 Å². The zero-order valence-corrected chi connectivity index (χ0v) is 19.1. The Balaban J connectivity index is 1.63. The van der Waals surface area contributed by atoms with Crippen molar-refractivity contribution in [2.24, 2.45) is 0 Å². The maximum absolute atomic E-state index is 13.3. The second-order valence-corrected chi connectivity index (χ2v) is 8.48. The molecule has 1 atom stereocenters. The lowest BCUT2D eigenvalue weighted by Gasteiger charge is -2.13. The van der Waals surface area contributed by atoms with Crippen molar-refractivity contribution in [2.45, 2.75) is 37.6 Å². The second kappa shape index (κ2) is 10.7. The summed E-state index contributed by atoms with van der Waals surface area (Å²) >= 11 is 1.11. The molecule has 0 radical (unpaired) electrons. The summed E-state index contributed by atoms with van der Waals surface area (Å²) in [5, 5.41) is 3.59. The van der Waals surface area contributed by atoms with E-state index in [0.717, 1.165) is 31.2 Å². The molecule has 1 amide bonds. The molecule has 9 nitrogen and oxygen atoms in total. The number of carbonyl (C=O) groups excluding carboxylic acids is 2. The maximum atomic E-state index is 13.3. The minimum absolute atomic E-state index is 0.00546. The first-order valence-electron chi connectivity index (χ1n) is 10.8. The zero-order chi connectivity index (χ0) is 23.2. The number of aromatic nitrogens is 2. The predicted octanol–water partition coefficient (Wildman–Crippen LogP) is 2.60. The van der Waals surface area contributed by atoms with Crippen molar-refractivity contribution in [1.29, 1.82) is 0 Å². The van der Waals surface area contributed by atoms with Gasteiger partial charge in [0.2, 0.25) is 0 Å². The van der Waals surface area contributed by atoms with E-state index < -0.39 is 5.97 Å². The third-order valence-electron chi connectivity index (χ3n) is 5.22. The van der Waals surface area contributed by atoms with Gasteiger partial charge >= 0.3 is 5.97 Å². The summed E-state index contributed by atoms with van der Waals surface area (Å²) in [5.74, 6) is -0.0643. The van der Waals surface area contributed by atoms with Gasteiger partial charge in [-0.3, -0.25) is 19.0 Å². The molecule has 1 fully saturated rings. The number of nitrogens with one attached hydrogen (secondary N) is 1. The minimum Gasteiger partial charge on any atom is -0.467 e. The molecule has 1 aliphatic heterocycles. The van der Waals surface area contributed by atoms with Crippen molar-refractivity contribution in [3.63, 3.8) is 0 Å².